The number of carbonyl (C=O) groups is 17. The highest BCUT2D eigenvalue weighted by Gasteiger charge is 2.46. The molecule has 4 fully saturated rings. The first kappa shape index (κ1) is 118. The Kier molecular flexibility index (Phi) is 48.2. The molecule has 15 amide bonds. The van der Waals surface area contributed by atoms with Crippen LogP contribution in [-0.2, 0) is 125 Å². The lowest BCUT2D eigenvalue weighted by molar-refractivity contribution is -0.153. The molecule has 0 aromatic heterocycles. The normalized spacial score (nSPS) is 17.3. The molecule has 3 aliphatic heterocycles. The fourth-order valence-corrected chi connectivity index (χ4v) is 19.2. The summed E-state index contributed by atoms with van der Waals surface area (Å²) >= 11 is 8.31. The molecule has 4 aromatic rings. The second-order valence-corrected chi connectivity index (χ2v) is 41.4. The van der Waals surface area contributed by atoms with Crippen LogP contribution in [0.25, 0.3) is 0 Å². The lowest BCUT2D eigenvalue weighted by Crippen LogP contribution is -2.62. The summed E-state index contributed by atoms with van der Waals surface area (Å²) < 4.78 is 58.5. The van der Waals surface area contributed by atoms with E-state index in [0.717, 1.165) is 35.5 Å². The molecule has 0 unspecified atom stereocenters. The number of carbonyl (C=O) groups excluding carboxylic acids is 16. The summed E-state index contributed by atoms with van der Waals surface area (Å²) in [4.78, 5) is 247. The van der Waals surface area contributed by atoms with Gasteiger partial charge in [0.05, 0.1) is 49.0 Å². The van der Waals surface area contributed by atoms with E-state index in [4.69, 9.17) is 40.7 Å². The summed E-state index contributed by atoms with van der Waals surface area (Å²) in [6.07, 6.45) is -0.214. The number of thioether (sulfide) groups is 2. The van der Waals surface area contributed by atoms with Crippen LogP contribution < -0.4 is 73.8 Å². The van der Waals surface area contributed by atoms with Gasteiger partial charge in [0.2, 0.25) is 82.8 Å². The summed E-state index contributed by atoms with van der Waals surface area (Å²) in [6.45, 7) is 14.0. The van der Waals surface area contributed by atoms with Gasteiger partial charge in [-0.15, -0.1) is 23.5 Å². The van der Waals surface area contributed by atoms with Crippen LogP contribution in [0.2, 0.25) is 5.02 Å². The first-order valence-corrected chi connectivity index (χ1v) is 52.9. The second kappa shape index (κ2) is 59.3. The molecule has 1 saturated carbocycles. The van der Waals surface area contributed by atoms with Gasteiger partial charge >= 0.3 is 24.1 Å². The molecule has 796 valence electrons. The van der Waals surface area contributed by atoms with E-state index in [0.29, 0.717) is 66.7 Å². The van der Waals surface area contributed by atoms with Gasteiger partial charge in [-0.1, -0.05) is 128 Å². The molecule has 0 spiro atoms. The average Bonchev–Trinajstić information content (AvgIpc) is 1.71. The summed E-state index contributed by atoms with van der Waals surface area (Å²) in [5.41, 5.74) is 1.58. The molecule has 0 bridgehead atoms. The van der Waals surface area contributed by atoms with Crippen LogP contribution in [-0.4, -0.2) is 288 Å². The Morgan fingerprint density at radius 1 is 0.510 bits per heavy atom. The molecule has 3 saturated heterocycles. The monoisotopic (exact) mass is 2100 g/mol. The molecular weight excluding hydrogens is 1960 g/mol. The molecule has 47 heteroatoms. The van der Waals surface area contributed by atoms with Crippen LogP contribution in [0.5, 0.6) is 0 Å². The minimum absolute atomic E-state index is 0.0121. The van der Waals surface area contributed by atoms with Crippen LogP contribution in [0, 0.1) is 18.3 Å². The SMILES string of the molecule is CC(=O)NCSC[C@H](NC(=O)[C@H](COCc1ccccc1)NC(=O)[C@H](CC(=O)OC1CCCCC1)NC(=O)[C@H](CCCNC(=N)NS(=O)(=O)c1ccc(C)cc1)NC(=O)[C@@H](NC(=O)[C@H](C)NC(=O)[C@@H](NC(=O)[C@H](CSCNC(C)=O)NC(=O)[C@@H]1CCCN1C(=O)OC(C)(C)C)C(C)C)[C@@H](C)OCc1ccccc1)C(=O)N[C@@H](CCCCNC(=O)OCc1ccccc1Cl)C(=O)N1CCC[C@H]1C(=O)N1CCC[C@H]1C(=O)O. The summed E-state index contributed by atoms with van der Waals surface area (Å²) in [7, 11) is -4.35. The van der Waals surface area contributed by atoms with Gasteiger partial charge in [-0.25, -0.2) is 27.5 Å². The summed E-state index contributed by atoms with van der Waals surface area (Å²) in [5, 5.41) is 53.6. The lowest BCUT2D eigenvalue weighted by Gasteiger charge is -2.33. The maximum absolute atomic E-state index is 15.7. The minimum atomic E-state index is -4.35. The number of unbranched alkanes of at least 4 members (excludes halogenated alkanes) is 1. The number of halogens is 1. The number of amides is 15. The zero-order valence-corrected chi connectivity index (χ0v) is 86.7. The van der Waals surface area contributed by atoms with Gasteiger partial charge in [0.25, 0.3) is 10.0 Å². The van der Waals surface area contributed by atoms with Crippen LogP contribution in [0.4, 0.5) is 9.59 Å². The van der Waals surface area contributed by atoms with Gasteiger partial charge in [-0.3, -0.25) is 77.4 Å². The number of rotatable bonds is 54. The maximum atomic E-state index is 15.7. The van der Waals surface area contributed by atoms with Crippen LogP contribution in [0.15, 0.2) is 114 Å². The summed E-state index contributed by atoms with van der Waals surface area (Å²) in [5.74, 6) is -15.7. The van der Waals surface area contributed by atoms with Crippen molar-refractivity contribution in [2.45, 2.75) is 293 Å². The number of hydrogen-bond donors (Lipinski definition) is 16. The van der Waals surface area contributed by atoms with Gasteiger partial charge in [0, 0.05) is 68.7 Å². The maximum Gasteiger partial charge on any atom is 0.410 e. The average molecular weight is 2100 g/mol. The van der Waals surface area contributed by atoms with E-state index in [9.17, 15) is 66.3 Å². The number of sulfonamides is 1. The van der Waals surface area contributed by atoms with Crippen molar-refractivity contribution in [3.05, 3.63) is 136 Å². The third kappa shape index (κ3) is 39.8. The fourth-order valence-electron chi connectivity index (χ4n) is 16.2. The molecule has 0 radical (unpaired) electrons. The number of hydrogen-bond acceptors (Lipinski definition) is 27. The lowest BCUT2D eigenvalue weighted by atomic mass is 9.98. The topological polar surface area (TPSA) is 593 Å². The molecule has 13 atom stereocenters. The Labute approximate surface area is 858 Å². The number of carboxylic acids is 1. The van der Waals surface area contributed by atoms with Crippen molar-refractivity contribution in [1.29, 1.82) is 5.41 Å². The molecular formula is C98H139ClN18O25S3. The van der Waals surface area contributed by atoms with E-state index in [-0.39, 0.29) is 132 Å². The molecule has 43 nitrogen and oxygen atoms in total. The number of ether oxygens (including phenoxy) is 5. The van der Waals surface area contributed by atoms with E-state index in [1.54, 1.807) is 139 Å². The minimum Gasteiger partial charge on any atom is -0.480 e. The van der Waals surface area contributed by atoms with E-state index < -0.39 is 227 Å². The Morgan fingerprint density at radius 2 is 1.03 bits per heavy atom. The zero-order valence-electron chi connectivity index (χ0n) is 83.5. The predicted octanol–water partition coefficient (Wildman–Crippen LogP) is 4.57. The Bertz CT molecular complexity index is 5200. The highest BCUT2D eigenvalue weighted by Crippen LogP contribution is 2.29. The number of aliphatic carboxylic acids is 1. The molecule has 8 rings (SSSR count). The van der Waals surface area contributed by atoms with E-state index in [2.05, 4.69) is 73.8 Å². The van der Waals surface area contributed by atoms with Crippen molar-refractivity contribution in [1.82, 2.24) is 88.5 Å². The van der Waals surface area contributed by atoms with Gasteiger partial charge in [-0.05, 0) is 173 Å². The van der Waals surface area contributed by atoms with Crippen LogP contribution >= 0.6 is 35.1 Å². The number of esters is 1. The number of nitrogens with zero attached hydrogens (tertiary/aromatic N) is 3. The van der Waals surface area contributed by atoms with E-state index >= 15 is 28.8 Å². The smallest absolute Gasteiger partial charge is 0.410 e. The molecule has 1 aliphatic carbocycles. The van der Waals surface area contributed by atoms with Gasteiger partial charge in [-0.2, -0.15) is 0 Å². The molecule has 4 aromatic carbocycles. The number of carboxylic acid groups (broad SMARTS) is 1. The number of alkyl carbamates (subject to hydrolysis) is 1. The third-order valence-electron chi connectivity index (χ3n) is 24.1. The Balaban J connectivity index is 1.10. The van der Waals surface area contributed by atoms with Crippen LogP contribution in [0.3, 0.4) is 0 Å². The number of nitrogens with one attached hydrogen (secondary N) is 15. The van der Waals surface area contributed by atoms with E-state index in [1.807, 2.05) is 0 Å². The first-order valence-electron chi connectivity index (χ1n) is 48.7. The van der Waals surface area contributed by atoms with E-state index in [1.165, 1.54) is 54.5 Å². The fraction of sp³-hybridized carbons (Fsp3) is 0.571. The Hall–Kier alpha value is -12.4. The first-order chi connectivity index (χ1) is 68.9. The quantitative estimate of drug-likeness (QED) is 0.00718. The highest BCUT2D eigenvalue weighted by atomic mass is 35.5. The number of guanidine groups is 1. The number of aryl methyl sites for hydroxylation is 1. The molecule has 16 N–H and O–H groups in total. The summed E-state index contributed by atoms with van der Waals surface area (Å²) in [6, 6.07) is 11.3. The van der Waals surface area contributed by atoms with Crippen molar-refractivity contribution in [3.8, 4) is 0 Å². The number of likely N-dealkylation sites (tertiary alicyclic amines) is 3. The van der Waals surface area contributed by atoms with Crippen molar-refractivity contribution in [3.63, 3.8) is 0 Å². The third-order valence-corrected chi connectivity index (χ3v) is 27.7. The van der Waals surface area contributed by atoms with Crippen molar-refractivity contribution in [2.75, 3.05) is 62.6 Å². The van der Waals surface area contributed by atoms with Gasteiger partial charge in [0.1, 0.15) is 90.8 Å². The van der Waals surface area contributed by atoms with Gasteiger partial charge < -0.3 is 108 Å². The van der Waals surface area contributed by atoms with Crippen molar-refractivity contribution >= 4 is 152 Å². The highest BCUT2D eigenvalue weighted by molar-refractivity contribution is 7.99. The second-order valence-electron chi connectivity index (χ2n) is 37.3. The molecule has 4 aliphatic rings. The number of benzene rings is 4. The standard InChI is InChI=1S/C98H139ClN18O25S3/c1-59(2)81(112-88(126)76(56-144-58-104-64(7)119)111-89(127)77-38-25-49-117(77)97(135)142-98(8,9)10)90(128)105-61(4)83(121)113-82(62(5)139-52-66-30-16-12-17-31-66)91(129)106-71(37-24-46-101-95(100)114-145(136,137)69-43-41-60(3)42-44-69)84(122)108-73(50-80(120)141-68-33-18-13-19-34-68)85(123)109-74(54-138-51-65-28-14-11-15-29-65)86(124)110-75(55-143-57-103-63(6)118)87(125)107-72(36-22-23-45-102-96(134)140-53-67-32-20-21-35-70(67)99)92(130)115-47-26-39-78(115)93(131)116-48-27-40-79(116)94(132)133/h11-12,14-17,20-21,28-32,35,41-44,59,61-62,68,71-79,81-82H,13,18-19,22-27,33-34,36-40,45-58H2,1-10H3,(H,102,134)(H,103,118)(H,104,119)(H,105,128)(H,106,129)(H,107,125)(H,108,122)(H,109,123)(H,110,124)(H,111,127)(H,112,126)(H,113,121)(H,132,133)(H3,100,101,114)/t61-,62+,71-,72-,73-,74-,75-,76-,77-,78-,79-,81-,82-/m0/s1. The Morgan fingerprint density at radius 3 is 1.65 bits per heavy atom. The predicted molar refractivity (Wildman–Crippen MR) is 538 cm³/mol. The largest absolute Gasteiger partial charge is 0.480 e. The molecule has 3 heterocycles. The van der Waals surface area contributed by atoms with Gasteiger partial charge in [0.15, 0.2) is 0 Å². The van der Waals surface area contributed by atoms with Crippen molar-refractivity contribution in [2.24, 2.45) is 5.92 Å². The van der Waals surface area contributed by atoms with Crippen LogP contribution in [0.1, 0.15) is 194 Å². The van der Waals surface area contributed by atoms with Crippen molar-refractivity contribution < 1.29 is 119 Å². The zero-order chi connectivity index (χ0) is 106. The molecule has 145 heavy (non-hydrogen) atoms.